The van der Waals surface area contributed by atoms with Crippen LogP contribution < -0.4 is 0 Å². The van der Waals surface area contributed by atoms with Gasteiger partial charge in [0.25, 0.3) is 0 Å². The number of Topliss-reactive ketones (excluding diaryl/α,β-unsaturated/α-hetero) is 1. The maximum atomic E-state index is 12.5. The second-order valence-corrected chi connectivity index (χ2v) is 7.13. The molecule has 1 saturated carbocycles. The Morgan fingerprint density at radius 3 is 3.11 bits per heavy atom. The highest BCUT2D eigenvalue weighted by Gasteiger charge is 2.36. The molecule has 3 nitrogen and oxygen atoms in total. The lowest BCUT2D eigenvalue weighted by atomic mass is 9.66. The predicted molar refractivity (Wildman–Crippen MR) is 77.5 cm³/mol. The summed E-state index contributed by atoms with van der Waals surface area (Å²) in [6.45, 7) is 4.47. The first kappa shape index (κ1) is 12.9. The van der Waals surface area contributed by atoms with Crippen molar-refractivity contribution in [3.8, 4) is 0 Å². The lowest BCUT2D eigenvalue weighted by Gasteiger charge is -2.37. The molecule has 19 heavy (non-hydrogen) atoms. The average molecular weight is 276 g/mol. The van der Waals surface area contributed by atoms with Crippen LogP contribution in [-0.4, -0.2) is 15.2 Å². The third kappa shape index (κ3) is 2.46. The quantitative estimate of drug-likeness (QED) is 0.856. The van der Waals surface area contributed by atoms with Crippen LogP contribution in [0, 0.1) is 11.3 Å². The number of fused-ring (bicyclic) bond motifs is 1. The molecule has 0 radical (unpaired) electrons. The van der Waals surface area contributed by atoms with E-state index in [0.29, 0.717) is 12.2 Å². The number of ketones is 1. The van der Waals surface area contributed by atoms with Crippen LogP contribution in [0.15, 0.2) is 17.8 Å². The van der Waals surface area contributed by atoms with Gasteiger partial charge in [-0.1, -0.05) is 26.7 Å². The molecular formula is C15H20N2OS. The molecule has 3 rings (SSSR count). The maximum Gasteiger partial charge on any atom is 0.193 e. The van der Waals surface area contributed by atoms with Crippen molar-refractivity contribution in [3.63, 3.8) is 0 Å². The van der Waals surface area contributed by atoms with E-state index in [2.05, 4.69) is 18.8 Å². The number of nitrogens with zero attached hydrogens (tertiary/aromatic N) is 2. The highest BCUT2D eigenvalue weighted by atomic mass is 32.1. The SMILES string of the molecule is CC1(C)CCCCC1C(=O)Cc1cn2ccsc2n1. The van der Waals surface area contributed by atoms with Gasteiger partial charge in [-0.15, -0.1) is 11.3 Å². The summed E-state index contributed by atoms with van der Waals surface area (Å²) in [6.07, 6.45) is 9.14. The summed E-state index contributed by atoms with van der Waals surface area (Å²) in [5, 5.41) is 2.01. The van der Waals surface area contributed by atoms with Crippen molar-refractivity contribution in [1.29, 1.82) is 0 Å². The summed E-state index contributed by atoms with van der Waals surface area (Å²) in [5.41, 5.74) is 1.07. The van der Waals surface area contributed by atoms with Gasteiger partial charge in [0.2, 0.25) is 0 Å². The van der Waals surface area contributed by atoms with E-state index in [-0.39, 0.29) is 11.3 Å². The van der Waals surface area contributed by atoms with Crippen molar-refractivity contribution in [1.82, 2.24) is 9.38 Å². The number of carbonyl (C=O) groups is 1. The van der Waals surface area contributed by atoms with Crippen LogP contribution >= 0.6 is 11.3 Å². The zero-order chi connectivity index (χ0) is 13.5. The van der Waals surface area contributed by atoms with Crippen LogP contribution in [0.25, 0.3) is 4.96 Å². The third-order valence-electron chi connectivity index (χ3n) is 4.39. The van der Waals surface area contributed by atoms with Crippen molar-refractivity contribution < 1.29 is 4.79 Å². The summed E-state index contributed by atoms with van der Waals surface area (Å²) in [7, 11) is 0. The van der Waals surface area contributed by atoms with Crippen molar-refractivity contribution in [2.45, 2.75) is 46.0 Å². The van der Waals surface area contributed by atoms with Crippen molar-refractivity contribution in [3.05, 3.63) is 23.5 Å². The van der Waals surface area contributed by atoms with E-state index in [1.54, 1.807) is 11.3 Å². The Hall–Kier alpha value is -1.16. The van der Waals surface area contributed by atoms with E-state index in [1.807, 2.05) is 22.2 Å². The molecule has 1 atom stereocenters. The van der Waals surface area contributed by atoms with E-state index in [1.165, 1.54) is 19.3 Å². The number of rotatable bonds is 3. The van der Waals surface area contributed by atoms with Crippen LogP contribution in [0.5, 0.6) is 0 Å². The first-order chi connectivity index (χ1) is 9.06. The van der Waals surface area contributed by atoms with Gasteiger partial charge in [0.1, 0.15) is 5.78 Å². The minimum Gasteiger partial charge on any atom is -0.299 e. The Bertz CT molecular complexity index is 568. The van der Waals surface area contributed by atoms with Gasteiger partial charge >= 0.3 is 0 Å². The summed E-state index contributed by atoms with van der Waals surface area (Å²) in [5.74, 6) is 0.580. The number of thiazole rings is 1. The van der Waals surface area contributed by atoms with Gasteiger partial charge in [0.15, 0.2) is 4.96 Å². The molecule has 0 aliphatic heterocycles. The molecule has 0 bridgehead atoms. The first-order valence-corrected chi connectivity index (χ1v) is 7.88. The lowest BCUT2D eigenvalue weighted by molar-refractivity contribution is -0.127. The number of carbonyl (C=O) groups excluding carboxylic acids is 1. The third-order valence-corrected chi connectivity index (χ3v) is 5.17. The van der Waals surface area contributed by atoms with Crippen molar-refractivity contribution in [2.75, 3.05) is 0 Å². The van der Waals surface area contributed by atoms with Crippen molar-refractivity contribution >= 4 is 22.1 Å². The van der Waals surface area contributed by atoms with E-state index in [9.17, 15) is 4.79 Å². The van der Waals surface area contributed by atoms with Gasteiger partial charge in [0.05, 0.1) is 12.1 Å². The summed E-state index contributed by atoms with van der Waals surface area (Å²) < 4.78 is 2.00. The molecule has 0 aromatic carbocycles. The molecule has 4 heteroatoms. The fourth-order valence-corrected chi connectivity index (χ4v) is 3.97. The van der Waals surface area contributed by atoms with Gasteiger partial charge in [-0.05, 0) is 18.3 Å². The van der Waals surface area contributed by atoms with Crippen LogP contribution in [0.2, 0.25) is 0 Å². The second kappa shape index (κ2) is 4.75. The van der Waals surface area contributed by atoms with Gasteiger partial charge < -0.3 is 0 Å². The molecule has 1 aliphatic rings. The molecule has 2 aromatic heterocycles. The fourth-order valence-electron chi connectivity index (χ4n) is 3.25. The Morgan fingerprint density at radius 2 is 2.37 bits per heavy atom. The van der Waals surface area contributed by atoms with E-state index in [0.717, 1.165) is 17.1 Å². The van der Waals surface area contributed by atoms with Crippen molar-refractivity contribution in [2.24, 2.45) is 11.3 Å². The fraction of sp³-hybridized carbons (Fsp3) is 0.600. The molecule has 0 spiro atoms. The van der Waals surface area contributed by atoms with Crippen LogP contribution in [0.3, 0.4) is 0 Å². The maximum absolute atomic E-state index is 12.5. The van der Waals surface area contributed by atoms with Gasteiger partial charge in [-0.2, -0.15) is 0 Å². The predicted octanol–water partition coefficient (Wildman–Crippen LogP) is 3.72. The molecule has 1 aliphatic carbocycles. The molecule has 0 saturated heterocycles. The first-order valence-electron chi connectivity index (χ1n) is 7.00. The Morgan fingerprint density at radius 1 is 1.53 bits per heavy atom. The standard InChI is InChI=1S/C15H20N2OS/c1-15(2)6-4-3-5-12(15)13(18)9-11-10-17-7-8-19-14(17)16-11/h7-8,10,12H,3-6,9H2,1-2H3. The van der Waals surface area contributed by atoms with E-state index >= 15 is 0 Å². The zero-order valence-electron chi connectivity index (χ0n) is 11.6. The minimum atomic E-state index is 0.159. The molecular weight excluding hydrogens is 256 g/mol. The topological polar surface area (TPSA) is 34.4 Å². The molecule has 102 valence electrons. The largest absolute Gasteiger partial charge is 0.299 e. The van der Waals surface area contributed by atoms with E-state index in [4.69, 9.17) is 0 Å². The molecule has 2 heterocycles. The van der Waals surface area contributed by atoms with Gasteiger partial charge in [-0.25, -0.2) is 4.98 Å². The molecule has 0 N–H and O–H groups in total. The average Bonchev–Trinajstić information content (AvgIpc) is 2.88. The number of hydrogen-bond donors (Lipinski definition) is 0. The van der Waals surface area contributed by atoms with Crippen LogP contribution in [-0.2, 0) is 11.2 Å². The molecule has 1 fully saturated rings. The van der Waals surface area contributed by atoms with Gasteiger partial charge in [-0.3, -0.25) is 9.20 Å². The lowest BCUT2D eigenvalue weighted by Crippen LogP contribution is -2.34. The summed E-state index contributed by atoms with van der Waals surface area (Å²) in [4.78, 5) is 18.0. The Balaban J connectivity index is 1.75. The number of imidazole rings is 1. The highest BCUT2D eigenvalue weighted by molar-refractivity contribution is 7.15. The normalized spacial score (nSPS) is 22.7. The monoisotopic (exact) mass is 276 g/mol. The number of aromatic nitrogens is 2. The zero-order valence-corrected chi connectivity index (χ0v) is 12.4. The van der Waals surface area contributed by atoms with Crippen LogP contribution in [0.1, 0.15) is 45.2 Å². The second-order valence-electron chi connectivity index (χ2n) is 6.26. The number of hydrogen-bond acceptors (Lipinski definition) is 3. The Labute approximate surface area is 117 Å². The summed E-state index contributed by atoms with van der Waals surface area (Å²) >= 11 is 1.61. The highest BCUT2D eigenvalue weighted by Crippen LogP contribution is 2.41. The summed E-state index contributed by atoms with van der Waals surface area (Å²) in [6, 6.07) is 0. The van der Waals surface area contributed by atoms with Crippen LogP contribution in [0.4, 0.5) is 0 Å². The van der Waals surface area contributed by atoms with Gasteiger partial charge in [0, 0.05) is 23.7 Å². The smallest absolute Gasteiger partial charge is 0.193 e. The minimum absolute atomic E-state index is 0.159. The Kier molecular flexibility index (Phi) is 3.21. The van der Waals surface area contributed by atoms with E-state index < -0.39 is 0 Å². The molecule has 0 amide bonds. The molecule has 1 unspecified atom stereocenters. The molecule has 2 aromatic rings.